The van der Waals surface area contributed by atoms with E-state index in [1.54, 1.807) is 12.1 Å². The van der Waals surface area contributed by atoms with Crippen LogP contribution in [0.15, 0.2) is 18.2 Å². The van der Waals surface area contributed by atoms with Gasteiger partial charge in [-0.25, -0.2) is 4.79 Å². The summed E-state index contributed by atoms with van der Waals surface area (Å²) in [6, 6.07) is 5.44. The summed E-state index contributed by atoms with van der Waals surface area (Å²) in [5.74, 6) is -3.34. The molecule has 7 nitrogen and oxygen atoms in total. The second kappa shape index (κ2) is 6.87. The highest BCUT2D eigenvalue weighted by Gasteiger charge is 2.38. The van der Waals surface area contributed by atoms with Crippen molar-refractivity contribution < 1.29 is 32.7 Å². The first kappa shape index (κ1) is 17.7. The van der Waals surface area contributed by atoms with E-state index in [4.69, 9.17) is 9.90 Å². The van der Waals surface area contributed by atoms with Crippen LogP contribution in [0.3, 0.4) is 0 Å². The number of nitrogens with one attached hydrogen (secondary N) is 2. The van der Waals surface area contributed by atoms with Gasteiger partial charge in [0.05, 0.1) is 11.1 Å². The molecule has 0 saturated carbocycles. The number of fused-ring (bicyclic) bond motifs is 1. The van der Waals surface area contributed by atoms with Crippen molar-refractivity contribution in [1.82, 2.24) is 10.6 Å². The molecule has 0 radical (unpaired) electrons. The number of imide groups is 1. The summed E-state index contributed by atoms with van der Waals surface area (Å²) in [6.07, 6.45) is -5.08. The monoisotopic (exact) mass is 345 g/mol. The normalized spacial score (nSPS) is 16.9. The number of benzene rings is 1. The van der Waals surface area contributed by atoms with Crippen LogP contribution in [0.2, 0.25) is 0 Å². The number of carboxylic acid groups (broad SMARTS) is 1. The number of halogens is 3. The Bertz CT molecular complexity index is 670. The summed E-state index contributed by atoms with van der Waals surface area (Å²) in [5.41, 5.74) is 1.98. The van der Waals surface area contributed by atoms with Crippen LogP contribution in [0.4, 0.5) is 18.9 Å². The molecule has 0 aromatic heterocycles. The average Bonchev–Trinajstić information content (AvgIpc) is 2.82. The van der Waals surface area contributed by atoms with Gasteiger partial charge in [0.2, 0.25) is 0 Å². The SMILES string of the molecule is O=C(O)C(F)(F)F.O=C1NC(=O)c2cc(N3CCNCC3)ccc21. The van der Waals surface area contributed by atoms with E-state index in [0.29, 0.717) is 11.1 Å². The number of hydrogen-bond acceptors (Lipinski definition) is 5. The van der Waals surface area contributed by atoms with E-state index in [1.807, 2.05) is 6.07 Å². The topological polar surface area (TPSA) is 98.7 Å². The lowest BCUT2D eigenvalue weighted by atomic mass is 10.1. The molecular weight excluding hydrogens is 331 g/mol. The zero-order valence-electron chi connectivity index (χ0n) is 12.3. The van der Waals surface area contributed by atoms with Gasteiger partial charge in [-0.05, 0) is 18.2 Å². The van der Waals surface area contributed by atoms with Crippen LogP contribution in [0.1, 0.15) is 20.7 Å². The number of nitrogens with zero attached hydrogens (tertiary/aromatic N) is 1. The highest BCUT2D eigenvalue weighted by atomic mass is 19.4. The Morgan fingerprint density at radius 2 is 1.62 bits per heavy atom. The summed E-state index contributed by atoms with van der Waals surface area (Å²) in [4.78, 5) is 34.1. The van der Waals surface area contributed by atoms with Gasteiger partial charge >= 0.3 is 12.1 Å². The first-order valence-electron chi connectivity index (χ1n) is 6.95. The molecule has 130 valence electrons. The predicted octanol–water partition coefficient (Wildman–Crippen LogP) is 0.613. The average molecular weight is 345 g/mol. The third kappa shape index (κ3) is 4.02. The minimum atomic E-state index is -5.08. The lowest BCUT2D eigenvalue weighted by Crippen LogP contribution is -2.43. The summed E-state index contributed by atoms with van der Waals surface area (Å²) in [6.45, 7) is 3.74. The Morgan fingerprint density at radius 1 is 1.08 bits per heavy atom. The van der Waals surface area contributed by atoms with Crippen LogP contribution >= 0.6 is 0 Å². The van der Waals surface area contributed by atoms with Crippen LogP contribution in [0.5, 0.6) is 0 Å². The van der Waals surface area contributed by atoms with E-state index in [9.17, 15) is 22.8 Å². The zero-order chi connectivity index (χ0) is 17.9. The maximum atomic E-state index is 11.5. The molecule has 3 rings (SSSR count). The number of carbonyl (C=O) groups excluding carboxylic acids is 2. The molecule has 10 heteroatoms. The van der Waals surface area contributed by atoms with Crippen molar-refractivity contribution >= 4 is 23.5 Å². The van der Waals surface area contributed by atoms with Crippen LogP contribution < -0.4 is 15.5 Å². The fraction of sp³-hybridized carbons (Fsp3) is 0.357. The number of hydrogen-bond donors (Lipinski definition) is 3. The van der Waals surface area contributed by atoms with E-state index in [0.717, 1.165) is 31.9 Å². The molecule has 2 aliphatic rings. The van der Waals surface area contributed by atoms with Gasteiger partial charge < -0.3 is 15.3 Å². The zero-order valence-corrected chi connectivity index (χ0v) is 12.3. The highest BCUT2D eigenvalue weighted by Crippen LogP contribution is 2.23. The van der Waals surface area contributed by atoms with E-state index in [2.05, 4.69) is 15.5 Å². The number of rotatable bonds is 1. The lowest BCUT2D eigenvalue weighted by molar-refractivity contribution is -0.192. The van der Waals surface area contributed by atoms with Gasteiger partial charge in [0.1, 0.15) is 0 Å². The second-order valence-corrected chi connectivity index (χ2v) is 5.05. The van der Waals surface area contributed by atoms with Crippen LogP contribution in [-0.4, -0.2) is 55.2 Å². The molecule has 1 fully saturated rings. The molecule has 2 aliphatic heterocycles. The molecule has 2 heterocycles. The molecule has 0 spiro atoms. The minimum Gasteiger partial charge on any atom is -0.475 e. The van der Waals surface area contributed by atoms with Gasteiger partial charge in [0, 0.05) is 31.9 Å². The Labute approximate surface area is 134 Å². The Kier molecular flexibility index (Phi) is 5.07. The number of anilines is 1. The quantitative estimate of drug-likeness (QED) is 0.645. The highest BCUT2D eigenvalue weighted by molar-refractivity contribution is 6.21. The maximum absolute atomic E-state index is 11.5. The van der Waals surface area contributed by atoms with E-state index >= 15 is 0 Å². The first-order valence-corrected chi connectivity index (χ1v) is 6.95. The molecule has 1 saturated heterocycles. The Hall–Kier alpha value is -2.62. The van der Waals surface area contributed by atoms with Gasteiger partial charge in [-0.1, -0.05) is 0 Å². The number of piperazine rings is 1. The van der Waals surface area contributed by atoms with Crippen LogP contribution in [-0.2, 0) is 4.79 Å². The fourth-order valence-corrected chi connectivity index (χ4v) is 2.28. The number of amides is 2. The molecule has 3 N–H and O–H groups in total. The third-order valence-electron chi connectivity index (χ3n) is 3.44. The fourth-order valence-electron chi connectivity index (χ4n) is 2.28. The van der Waals surface area contributed by atoms with Gasteiger partial charge in [0.25, 0.3) is 11.8 Å². The molecule has 2 amide bonds. The van der Waals surface area contributed by atoms with Crippen molar-refractivity contribution in [3.8, 4) is 0 Å². The number of carbonyl (C=O) groups is 3. The molecular formula is C14H14F3N3O4. The van der Waals surface area contributed by atoms with Crippen molar-refractivity contribution in [1.29, 1.82) is 0 Å². The maximum Gasteiger partial charge on any atom is 0.490 e. The summed E-state index contributed by atoms with van der Waals surface area (Å²) >= 11 is 0. The smallest absolute Gasteiger partial charge is 0.475 e. The summed E-state index contributed by atoms with van der Waals surface area (Å²) in [7, 11) is 0. The van der Waals surface area contributed by atoms with Gasteiger partial charge in [-0.2, -0.15) is 13.2 Å². The van der Waals surface area contributed by atoms with Gasteiger partial charge in [-0.15, -0.1) is 0 Å². The molecule has 0 bridgehead atoms. The Balaban J connectivity index is 0.000000256. The minimum absolute atomic E-state index is 0.290. The second-order valence-electron chi connectivity index (χ2n) is 5.05. The summed E-state index contributed by atoms with van der Waals surface area (Å²) in [5, 5.41) is 12.7. The molecule has 24 heavy (non-hydrogen) atoms. The molecule has 1 aromatic carbocycles. The van der Waals surface area contributed by atoms with Crippen LogP contribution in [0, 0.1) is 0 Å². The number of carboxylic acids is 1. The van der Waals surface area contributed by atoms with Crippen molar-refractivity contribution in [3.63, 3.8) is 0 Å². The van der Waals surface area contributed by atoms with E-state index < -0.39 is 12.1 Å². The predicted molar refractivity (Wildman–Crippen MR) is 77.0 cm³/mol. The molecule has 1 aromatic rings. The molecule has 0 aliphatic carbocycles. The van der Waals surface area contributed by atoms with Crippen molar-refractivity contribution in [2.24, 2.45) is 0 Å². The van der Waals surface area contributed by atoms with E-state index in [1.165, 1.54) is 0 Å². The van der Waals surface area contributed by atoms with Crippen molar-refractivity contribution in [2.75, 3.05) is 31.1 Å². The summed E-state index contributed by atoms with van der Waals surface area (Å²) < 4.78 is 31.7. The Morgan fingerprint density at radius 3 is 2.17 bits per heavy atom. The number of alkyl halides is 3. The molecule has 0 unspecified atom stereocenters. The standard InChI is InChI=1S/C12H13N3O2.C2HF3O2/c16-11-9-2-1-8(7-10(9)12(17)14-11)15-5-3-13-4-6-15;3-2(4,5)1(6)7/h1-2,7,13H,3-6H2,(H,14,16,17);(H,6,7). The van der Waals surface area contributed by atoms with Gasteiger partial charge in [0.15, 0.2) is 0 Å². The number of aliphatic carboxylic acids is 1. The first-order chi connectivity index (χ1) is 11.2. The molecule has 0 atom stereocenters. The van der Waals surface area contributed by atoms with E-state index in [-0.39, 0.29) is 11.8 Å². The van der Waals surface area contributed by atoms with Crippen molar-refractivity contribution in [2.45, 2.75) is 6.18 Å². The lowest BCUT2D eigenvalue weighted by Gasteiger charge is -2.29. The third-order valence-corrected chi connectivity index (χ3v) is 3.44. The largest absolute Gasteiger partial charge is 0.490 e. The van der Waals surface area contributed by atoms with Crippen LogP contribution in [0.25, 0.3) is 0 Å². The van der Waals surface area contributed by atoms with Crippen molar-refractivity contribution in [3.05, 3.63) is 29.3 Å². The van der Waals surface area contributed by atoms with Gasteiger partial charge in [-0.3, -0.25) is 14.9 Å².